The van der Waals surface area contributed by atoms with E-state index in [0.29, 0.717) is 41.4 Å². The highest BCUT2D eigenvalue weighted by Gasteiger charge is 2.21. The normalized spacial score (nSPS) is 10.7. The van der Waals surface area contributed by atoms with Gasteiger partial charge in [0.05, 0.1) is 31.2 Å². The van der Waals surface area contributed by atoms with E-state index >= 15 is 0 Å². The minimum Gasteiger partial charge on any atom is -0.493 e. The van der Waals surface area contributed by atoms with E-state index < -0.39 is 0 Å². The van der Waals surface area contributed by atoms with Crippen molar-refractivity contribution in [2.45, 2.75) is 13.3 Å². The van der Waals surface area contributed by atoms with Crippen molar-refractivity contribution in [2.75, 3.05) is 20.8 Å². The van der Waals surface area contributed by atoms with E-state index in [0.717, 1.165) is 16.8 Å². The number of hydrogen-bond acceptors (Lipinski definition) is 3. The summed E-state index contributed by atoms with van der Waals surface area (Å²) in [4.78, 5) is 13.1. The van der Waals surface area contributed by atoms with Gasteiger partial charge in [0.1, 0.15) is 5.82 Å². The van der Waals surface area contributed by atoms with Crippen LogP contribution in [0.15, 0.2) is 78.9 Å². The standard InChI is InChI=1S/C28H27FN2O3/c1-19-22(28(32)30-16-15-20-13-14-26(33-2)27(17-20)34-3)18-25(21-9-5-4-6-10-21)31(19)24-12-8-7-11-23(24)29/h4-14,17-18H,15-16H2,1-3H3,(H,30,32). The van der Waals surface area contributed by atoms with Crippen LogP contribution >= 0.6 is 0 Å². The molecule has 0 aliphatic heterocycles. The van der Waals surface area contributed by atoms with Gasteiger partial charge in [-0.05, 0) is 54.8 Å². The predicted octanol–water partition coefficient (Wildman–Crippen LogP) is 5.58. The number of carbonyl (C=O) groups excluding carboxylic acids is 1. The molecule has 3 aromatic carbocycles. The lowest BCUT2D eigenvalue weighted by Gasteiger charge is -2.13. The zero-order valence-electron chi connectivity index (χ0n) is 19.5. The Kier molecular flexibility index (Phi) is 6.97. The van der Waals surface area contributed by atoms with Crippen LogP contribution in [-0.4, -0.2) is 31.2 Å². The Labute approximate surface area is 198 Å². The topological polar surface area (TPSA) is 52.5 Å². The predicted molar refractivity (Wildman–Crippen MR) is 131 cm³/mol. The first-order chi connectivity index (χ1) is 16.5. The molecule has 0 unspecified atom stereocenters. The molecule has 1 aromatic heterocycles. The van der Waals surface area contributed by atoms with Crippen molar-refractivity contribution in [3.8, 4) is 28.4 Å². The fourth-order valence-electron chi connectivity index (χ4n) is 4.05. The number of para-hydroxylation sites is 1. The maximum atomic E-state index is 14.7. The molecule has 1 heterocycles. The van der Waals surface area contributed by atoms with Gasteiger partial charge in [0, 0.05) is 12.2 Å². The van der Waals surface area contributed by atoms with Gasteiger partial charge in [-0.2, -0.15) is 0 Å². The smallest absolute Gasteiger partial charge is 0.253 e. The molecule has 0 bridgehead atoms. The van der Waals surface area contributed by atoms with Gasteiger partial charge in [0.15, 0.2) is 11.5 Å². The SMILES string of the molecule is COc1ccc(CCNC(=O)c2cc(-c3ccccc3)n(-c3ccccc3F)c2C)cc1OC. The highest BCUT2D eigenvalue weighted by atomic mass is 19.1. The molecule has 5 nitrogen and oxygen atoms in total. The first-order valence-electron chi connectivity index (χ1n) is 11.0. The Hall–Kier alpha value is -4.06. The number of benzene rings is 3. The van der Waals surface area contributed by atoms with Crippen molar-refractivity contribution in [1.29, 1.82) is 0 Å². The molecule has 174 valence electrons. The molecular weight excluding hydrogens is 431 g/mol. The van der Waals surface area contributed by atoms with Gasteiger partial charge in [-0.15, -0.1) is 0 Å². The molecule has 4 rings (SSSR count). The van der Waals surface area contributed by atoms with Gasteiger partial charge in [-0.25, -0.2) is 4.39 Å². The average molecular weight is 459 g/mol. The largest absolute Gasteiger partial charge is 0.493 e. The van der Waals surface area contributed by atoms with Crippen LogP contribution in [0.3, 0.4) is 0 Å². The minimum absolute atomic E-state index is 0.203. The lowest BCUT2D eigenvalue weighted by atomic mass is 10.1. The number of nitrogens with one attached hydrogen (secondary N) is 1. The maximum absolute atomic E-state index is 14.7. The number of nitrogens with zero attached hydrogens (tertiary/aromatic N) is 1. The van der Waals surface area contributed by atoms with E-state index in [-0.39, 0.29) is 11.7 Å². The summed E-state index contributed by atoms with van der Waals surface area (Å²) < 4.78 is 27.2. The van der Waals surface area contributed by atoms with Crippen molar-refractivity contribution in [2.24, 2.45) is 0 Å². The third-order valence-corrected chi connectivity index (χ3v) is 5.80. The van der Waals surface area contributed by atoms with E-state index in [1.54, 1.807) is 37.0 Å². The Morgan fingerprint density at radius 1 is 0.912 bits per heavy atom. The van der Waals surface area contributed by atoms with E-state index in [9.17, 15) is 9.18 Å². The number of aromatic nitrogens is 1. The summed E-state index contributed by atoms with van der Waals surface area (Å²) >= 11 is 0. The molecule has 0 spiro atoms. The molecule has 6 heteroatoms. The summed E-state index contributed by atoms with van der Waals surface area (Å²) in [6.45, 7) is 2.28. The minimum atomic E-state index is -0.348. The molecule has 34 heavy (non-hydrogen) atoms. The number of rotatable bonds is 8. The summed E-state index contributed by atoms with van der Waals surface area (Å²) in [7, 11) is 3.19. The van der Waals surface area contributed by atoms with E-state index in [1.807, 2.05) is 61.5 Å². The van der Waals surface area contributed by atoms with Crippen LogP contribution in [0.5, 0.6) is 11.5 Å². The Morgan fingerprint density at radius 3 is 2.32 bits per heavy atom. The van der Waals surface area contributed by atoms with Crippen LogP contribution < -0.4 is 14.8 Å². The molecule has 1 N–H and O–H groups in total. The van der Waals surface area contributed by atoms with Crippen LogP contribution in [0.2, 0.25) is 0 Å². The van der Waals surface area contributed by atoms with Crippen LogP contribution in [0.1, 0.15) is 21.6 Å². The van der Waals surface area contributed by atoms with Crippen molar-refractivity contribution in [3.63, 3.8) is 0 Å². The molecule has 0 aliphatic carbocycles. The second-order valence-electron chi connectivity index (χ2n) is 7.88. The summed E-state index contributed by atoms with van der Waals surface area (Å²) in [5, 5.41) is 2.99. The van der Waals surface area contributed by atoms with Gasteiger partial charge in [-0.3, -0.25) is 4.79 Å². The van der Waals surface area contributed by atoms with Gasteiger partial charge in [0.25, 0.3) is 5.91 Å². The van der Waals surface area contributed by atoms with Crippen molar-refractivity contribution in [1.82, 2.24) is 9.88 Å². The fourth-order valence-corrected chi connectivity index (χ4v) is 4.05. The molecule has 0 aliphatic rings. The third kappa shape index (κ3) is 4.66. The summed E-state index contributed by atoms with van der Waals surface area (Å²) in [5.41, 5.74) is 4.26. The zero-order chi connectivity index (χ0) is 24.1. The van der Waals surface area contributed by atoms with Crippen LogP contribution in [-0.2, 0) is 6.42 Å². The zero-order valence-corrected chi connectivity index (χ0v) is 19.5. The fraction of sp³-hybridized carbons (Fsp3) is 0.179. The number of amides is 1. The molecule has 0 fully saturated rings. The first-order valence-corrected chi connectivity index (χ1v) is 11.0. The van der Waals surface area contributed by atoms with Crippen LogP contribution in [0.4, 0.5) is 4.39 Å². The van der Waals surface area contributed by atoms with Gasteiger partial charge >= 0.3 is 0 Å². The highest BCUT2D eigenvalue weighted by molar-refractivity contribution is 5.97. The molecule has 4 aromatic rings. The van der Waals surface area contributed by atoms with Crippen LogP contribution in [0.25, 0.3) is 16.9 Å². The average Bonchev–Trinajstić information content (AvgIpc) is 3.21. The van der Waals surface area contributed by atoms with Gasteiger partial charge in [-0.1, -0.05) is 48.5 Å². The van der Waals surface area contributed by atoms with Gasteiger partial charge in [0.2, 0.25) is 0 Å². The molecule has 0 radical (unpaired) electrons. The Balaban J connectivity index is 1.59. The highest BCUT2D eigenvalue weighted by Crippen LogP contribution is 2.31. The monoisotopic (exact) mass is 458 g/mol. The Bertz CT molecular complexity index is 1300. The number of methoxy groups -OCH3 is 2. The van der Waals surface area contributed by atoms with Crippen molar-refractivity contribution < 1.29 is 18.7 Å². The van der Waals surface area contributed by atoms with E-state index in [1.165, 1.54) is 6.07 Å². The number of ether oxygens (including phenoxy) is 2. The molecule has 1 amide bonds. The molecule has 0 saturated heterocycles. The molecular formula is C28H27FN2O3. The summed E-state index contributed by atoms with van der Waals surface area (Å²) in [5.74, 6) is 0.759. The van der Waals surface area contributed by atoms with Crippen LogP contribution in [0, 0.1) is 12.7 Å². The lowest BCUT2D eigenvalue weighted by molar-refractivity contribution is 0.0953. The lowest BCUT2D eigenvalue weighted by Crippen LogP contribution is -2.26. The van der Waals surface area contributed by atoms with Crippen molar-refractivity contribution in [3.05, 3.63) is 102 Å². The second-order valence-corrected chi connectivity index (χ2v) is 7.88. The Morgan fingerprint density at radius 2 is 1.62 bits per heavy atom. The number of carbonyl (C=O) groups is 1. The van der Waals surface area contributed by atoms with Crippen molar-refractivity contribution >= 4 is 5.91 Å². The van der Waals surface area contributed by atoms with E-state index in [2.05, 4.69) is 5.32 Å². The maximum Gasteiger partial charge on any atom is 0.253 e. The second kappa shape index (κ2) is 10.3. The third-order valence-electron chi connectivity index (χ3n) is 5.80. The molecule has 0 atom stereocenters. The molecule has 0 saturated carbocycles. The number of hydrogen-bond donors (Lipinski definition) is 1. The quantitative estimate of drug-likeness (QED) is 0.375. The van der Waals surface area contributed by atoms with Gasteiger partial charge < -0.3 is 19.4 Å². The number of halogens is 1. The first kappa shape index (κ1) is 23.1. The summed E-state index contributed by atoms with van der Waals surface area (Å²) in [6, 6.07) is 23.8. The summed E-state index contributed by atoms with van der Waals surface area (Å²) in [6.07, 6.45) is 0.630. The van der Waals surface area contributed by atoms with E-state index in [4.69, 9.17) is 9.47 Å².